The van der Waals surface area contributed by atoms with Crippen LogP contribution in [-0.4, -0.2) is 42.7 Å². The maximum Gasteiger partial charge on any atom is 0.153 e. The molecule has 19 heavy (non-hydrogen) atoms. The van der Waals surface area contributed by atoms with Crippen molar-refractivity contribution in [2.24, 2.45) is 5.92 Å². The standard InChI is InChI=1S/C15H27N3O/c1-5-6-12-9-15(2,3)18(10-12)14(16)13(11-19)7-8-17-4/h7,11-12,16-17H,5-6,8-10H2,1-4H3/b13-7-,16-14?. The molecular weight excluding hydrogens is 238 g/mol. The summed E-state index contributed by atoms with van der Waals surface area (Å²) >= 11 is 0. The van der Waals surface area contributed by atoms with Crippen molar-refractivity contribution in [2.45, 2.75) is 45.6 Å². The molecule has 0 amide bonds. The number of hydrogen-bond donors (Lipinski definition) is 2. The average molecular weight is 265 g/mol. The first-order valence-corrected chi connectivity index (χ1v) is 7.12. The van der Waals surface area contributed by atoms with E-state index in [1.165, 1.54) is 12.8 Å². The van der Waals surface area contributed by atoms with Gasteiger partial charge in [-0.15, -0.1) is 0 Å². The molecule has 1 fully saturated rings. The van der Waals surface area contributed by atoms with Crippen LogP contribution in [0.4, 0.5) is 0 Å². The van der Waals surface area contributed by atoms with Gasteiger partial charge in [0.2, 0.25) is 0 Å². The van der Waals surface area contributed by atoms with Crippen LogP contribution in [0.25, 0.3) is 0 Å². The van der Waals surface area contributed by atoms with Gasteiger partial charge in [0.15, 0.2) is 6.29 Å². The van der Waals surface area contributed by atoms with Crippen LogP contribution in [0.1, 0.15) is 40.0 Å². The summed E-state index contributed by atoms with van der Waals surface area (Å²) in [5.41, 5.74) is 0.457. The number of likely N-dealkylation sites (N-methyl/N-ethyl adjacent to an activating group) is 1. The summed E-state index contributed by atoms with van der Waals surface area (Å²) in [5, 5.41) is 11.3. The highest BCUT2D eigenvalue weighted by Gasteiger charge is 2.39. The van der Waals surface area contributed by atoms with Gasteiger partial charge in [-0.25, -0.2) is 0 Å². The van der Waals surface area contributed by atoms with Gasteiger partial charge in [0.1, 0.15) is 5.84 Å². The van der Waals surface area contributed by atoms with Crippen molar-refractivity contribution in [3.63, 3.8) is 0 Å². The first-order valence-electron chi connectivity index (χ1n) is 7.12. The van der Waals surface area contributed by atoms with Crippen molar-refractivity contribution in [1.82, 2.24) is 10.2 Å². The number of aldehydes is 1. The second-order valence-corrected chi connectivity index (χ2v) is 5.97. The summed E-state index contributed by atoms with van der Waals surface area (Å²) in [5.74, 6) is 1.01. The summed E-state index contributed by atoms with van der Waals surface area (Å²) in [6, 6.07) is 0. The normalized spacial score (nSPS) is 22.6. The van der Waals surface area contributed by atoms with Crippen LogP contribution in [0, 0.1) is 11.3 Å². The van der Waals surface area contributed by atoms with E-state index in [4.69, 9.17) is 5.41 Å². The van der Waals surface area contributed by atoms with E-state index in [0.717, 1.165) is 19.3 Å². The summed E-state index contributed by atoms with van der Waals surface area (Å²) in [7, 11) is 1.83. The fourth-order valence-electron chi connectivity index (χ4n) is 2.95. The van der Waals surface area contributed by atoms with Crippen LogP contribution in [0.3, 0.4) is 0 Å². The van der Waals surface area contributed by atoms with E-state index in [1.54, 1.807) is 6.08 Å². The molecule has 1 unspecified atom stereocenters. The highest BCUT2D eigenvalue weighted by molar-refractivity contribution is 6.12. The smallest absolute Gasteiger partial charge is 0.153 e. The summed E-state index contributed by atoms with van der Waals surface area (Å²) in [4.78, 5) is 13.3. The Kier molecular flexibility index (Phi) is 5.73. The fourth-order valence-corrected chi connectivity index (χ4v) is 2.95. The van der Waals surface area contributed by atoms with Gasteiger partial charge >= 0.3 is 0 Å². The molecule has 4 heteroatoms. The number of rotatable bonds is 6. The Morgan fingerprint density at radius 1 is 1.53 bits per heavy atom. The van der Waals surface area contributed by atoms with Crippen LogP contribution >= 0.6 is 0 Å². The SMILES string of the molecule is CCCC1CN(C(=N)/C(C=O)=C\CNC)C(C)(C)C1. The molecule has 0 aromatic heterocycles. The number of nitrogens with zero attached hydrogens (tertiary/aromatic N) is 1. The number of amidine groups is 1. The number of likely N-dealkylation sites (tertiary alicyclic amines) is 1. The van der Waals surface area contributed by atoms with Crippen molar-refractivity contribution in [3.8, 4) is 0 Å². The molecule has 1 heterocycles. The van der Waals surface area contributed by atoms with E-state index in [1.807, 2.05) is 7.05 Å². The Morgan fingerprint density at radius 2 is 2.21 bits per heavy atom. The molecular formula is C15H27N3O. The van der Waals surface area contributed by atoms with Crippen LogP contribution in [0.5, 0.6) is 0 Å². The molecule has 1 aliphatic heterocycles. The molecule has 2 N–H and O–H groups in total. The predicted octanol–water partition coefficient (Wildman–Crippen LogP) is 2.21. The van der Waals surface area contributed by atoms with Crippen LogP contribution in [0.15, 0.2) is 11.6 Å². The topological polar surface area (TPSA) is 56.2 Å². The molecule has 4 nitrogen and oxygen atoms in total. The predicted molar refractivity (Wildman–Crippen MR) is 79.6 cm³/mol. The maximum atomic E-state index is 11.2. The summed E-state index contributed by atoms with van der Waals surface area (Å²) < 4.78 is 0. The van der Waals surface area contributed by atoms with Crippen molar-refractivity contribution < 1.29 is 4.79 Å². The molecule has 1 atom stereocenters. The number of carbonyl (C=O) groups excluding carboxylic acids is 1. The van der Waals surface area contributed by atoms with Crippen LogP contribution in [0.2, 0.25) is 0 Å². The molecule has 108 valence electrons. The minimum Gasteiger partial charge on any atom is -0.351 e. The van der Waals surface area contributed by atoms with Gasteiger partial charge in [0, 0.05) is 18.6 Å². The van der Waals surface area contributed by atoms with Gasteiger partial charge in [-0.2, -0.15) is 0 Å². The highest BCUT2D eigenvalue weighted by Crippen LogP contribution is 2.35. The van der Waals surface area contributed by atoms with Gasteiger partial charge < -0.3 is 10.2 Å². The van der Waals surface area contributed by atoms with Gasteiger partial charge in [0.05, 0.1) is 5.57 Å². The second kappa shape index (κ2) is 6.85. The Morgan fingerprint density at radius 3 is 2.74 bits per heavy atom. The first-order chi connectivity index (χ1) is 8.96. The Bertz CT molecular complexity index is 360. The minimum atomic E-state index is -0.0291. The van der Waals surface area contributed by atoms with Crippen LogP contribution < -0.4 is 5.32 Å². The monoisotopic (exact) mass is 265 g/mol. The summed E-state index contributed by atoms with van der Waals surface area (Å²) in [6.07, 6.45) is 6.06. The van der Waals surface area contributed by atoms with E-state index in [0.29, 0.717) is 23.9 Å². The van der Waals surface area contributed by atoms with Crippen LogP contribution in [-0.2, 0) is 4.79 Å². The van der Waals surface area contributed by atoms with Gasteiger partial charge in [-0.05, 0) is 39.7 Å². The van der Waals surface area contributed by atoms with Crippen molar-refractivity contribution in [1.29, 1.82) is 5.41 Å². The Balaban J connectivity index is 2.83. The van der Waals surface area contributed by atoms with E-state index in [2.05, 4.69) is 31.0 Å². The molecule has 0 saturated carbocycles. The van der Waals surface area contributed by atoms with E-state index >= 15 is 0 Å². The van der Waals surface area contributed by atoms with E-state index < -0.39 is 0 Å². The Labute approximate surface area is 116 Å². The maximum absolute atomic E-state index is 11.2. The molecule has 0 spiro atoms. The fraction of sp³-hybridized carbons (Fsp3) is 0.733. The zero-order valence-electron chi connectivity index (χ0n) is 12.6. The lowest BCUT2D eigenvalue weighted by molar-refractivity contribution is -0.104. The molecule has 1 rings (SSSR count). The zero-order valence-corrected chi connectivity index (χ0v) is 12.6. The molecule has 0 aromatic carbocycles. The lowest BCUT2D eigenvalue weighted by Crippen LogP contribution is -2.43. The molecule has 1 saturated heterocycles. The number of carbonyl (C=O) groups is 1. The van der Waals surface area contributed by atoms with Gasteiger partial charge in [-0.3, -0.25) is 10.2 Å². The molecule has 1 aliphatic rings. The zero-order chi connectivity index (χ0) is 14.5. The lowest BCUT2D eigenvalue weighted by Gasteiger charge is -2.33. The quantitative estimate of drug-likeness (QED) is 0.335. The van der Waals surface area contributed by atoms with Crippen molar-refractivity contribution in [2.75, 3.05) is 20.1 Å². The largest absolute Gasteiger partial charge is 0.351 e. The lowest BCUT2D eigenvalue weighted by atomic mass is 9.93. The van der Waals surface area contributed by atoms with Crippen molar-refractivity contribution >= 4 is 12.1 Å². The average Bonchev–Trinajstić information content (AvgIpc) is 2.65. The molecule has 0 radical (unpaired) electrons. The summed E-state index contributed by atoms with van der Waals surface area (Å²) in [6.45, 7) is 8.04. The third-order valence-electron chi connectivity index (χ3n) is 3.85. The third-order valence-corrected chi connectivity index (χ3v) is 3.85. The molecule has 0 aromatic rings. The Hall–Kier alpha value is -1.16. The van der Waals surface area contributed by atoms with Gasteiger partial charge in [-0.1, -0.05) is 19.4 Å². The van der Waals surface area contributed by atoms with Crippen molar-refractivity contribution in [3.05, 3.63) is 11.6 Å². The third kappa shape index (κ3) is 3.90. The van der Waals surface area contributed by atoms with E-state index in [9.17, 15) is 4.79 Å². The number of nitrogens with one attached hydrogen (secondary N) is 2. The molecule has 0 aliphatic carbocycles. The minimum absolute atomic E-state index is 0.0291. The van der Waals surface area contributed by atoms with Gasteiger partial charge in [0.25, 0.3) is 0 Å². The molecule has 0 bridgehead atoms. The first kappa shape index (κ1) is 15.9. The highest BCUT2D eigenvalue weighted by atomic mass is 16.1. The second-order valence-electron chi connectivity index (χ2n) is 5.97. The van der Waals surface area contributed by atoms with E-state index in [-0.39, 0.29) is 5.54 Å². The number of hydrogen-bond acceptors (Lipinski definition) is 3.